The average molecular weight is 266 g/mol. The third-order valence-corrected chi connectivity index (χ3v) is 3.63. The maximum Gasteiger partial charge on any atom is 0.150 e. The normalized spacial score (nSPS) is 10.4. The monoisotopic (exact) mass is 266 g/mol. The van der Waals surface area contributed by atoms with E-state index in [0.717, 1.165) is 46.0 Å². The van der Waals surface area contributed by atoms with Crippen LogP contribution in [-0.4, -0.2) is 12.6 Å². The topological polar surface area (TPSA) is 34.1 Å². The van der Waals surface area contributed by atoms with Crippen LogP contribution in [0.4, 0.5) is 0 Å². The molecule has 2 heteroatoms. The molecule has 0 aliphatic rings. The first kappa shape index (κ1) is 14.2. The van der Waals surface area contributed by atoms with Gasteiger partial charge in [0.2, 0.25) is 0 Å². The van der Waals surface area contributed by atoms with Crippen LogP contribution in [-0.2, 0) is 0 Å². The van der Waals surface area contributed by atoms with E-state index in [4.69, 9.17) is 0 Å². The second-order valence-corrected chi connectivity index (χ2v) is 5.30. The molecule has 0 spiro atoms. The Morgan fingerprint density at radius 3 is 1.05 bits per heavy atom. The molecule has 0 saturated carbocycles. The molecule has 0 atom stereocenters. The quantitative estimate of drug-likeness (QED) is 0.780. The van der Waals surface area contributed by atoms with Crippen molar-refractivity contribution in [1.29, 1.82) is 0 Å². The van der Waals surface area contributed by atoms with Gasteiger partial charge in [-0.3, -0.25) is 9.59 Å². The summed E-state index contributed by atoms with van der Waals surface area (Å²) in [6, 6.07) is 7.62. The fraction of sp³-hybridized carbons (Fsp3) is 0.222. The van der Waals surface area contributed by atoms with Gasteiger partial charge in [0, 0.05) is 11.1 Å². The molecule has 0 heterocycles. The molecule has 0 amide bonds. The Labute approximate surface area is 119 Å². The Bertz CT molecular complexity index is 589. The number of carbonyl (C=O) groups is 2. The number of rotatable bonds is 3. The zero-order chi connectivity index (χ0) is 14.9. The van der Waals surface area contributed by atoms with Gasteiger partial charge in [-0.15, -0.1) is 0 Å². The third kappa shape index (κ3) is 2.42. The van der Waals surface area contributed by atoms with Crippen LogP contribution in [0.25, 0.3) is 11.1 Å². The molecule has 2 aromatic carbocycles. The van der Waals surface area contributed by atoms with Gasteiger partial charge in [0.1, 0.15) is 12.6 Å². The largest absolute Gasteiger partial charge is 0.298 e. The van der Waals surface area contributed by atoms with Gasteiger partial charge in [0.05, 0.1) is 0 Å². The summed E-state index contributed by atoms with van der Waals surface area (Å²) >= 11 is 0. The molecule has 0 aliphatic heterocycles. The predicted octanol–water partition coefficient (Wildman–Crippen LogP) is 4.21. The molecule has 0 aromatic heterocycles. The van der Waals surface area contributed by atoms with E-state index in [1.165, 1.54) is 0 Å². The first-order chi connectivity index (χ1) is 9.47. The number of aryl methyl sites for hydroxylation is 4. The van der Waals surface area contributed by atoms with E-state index in [1.807, 2.05) is 52.0 Å². The van der Waals surface area contributed by atoms with Crippen LogP contribution in [0.15, 0.2) is 24.3 Å². The minimum atomic E-state index is 0.698. The van der Waals surface area contributed by atoms with Crippen molar-refractivity contribution in [1.82, 2.24) is 0 Å². The number of benzene rings is 2. The highest BCUT2D eigenvalue weighted by Gasteiger charge is 2.13. The van der Waals surface area contributed by atoms with Crippen molar-refractivity contribution >= 4 is 12.6 Å². The molecule has 0 saturated heterocycles. The molecule has 0 fully saturated rings. The standard InChI is InChI=1S/C18H18O2/c1-11-5-15(9-19)6-12(2)17(11)18-13(3)7-16(10-20)8-14(18)4/h5-10H,1-4H3. The van der Waals surface area contributed by atoms with Crippen molar-refractivity contribution < 1.29 is 9.59 Å². The van der Waals surface area contributed by atoms with Gasteiger partial charge in [-0.05, 0) is 85.3 Å². The molecular weight excluding hydrogens is 248 g/mol. The summed E-state index contributed by atoms with van der Waals surface area (Å²) < 4.78 is 0. The Morgan fingerprint density at radius 2 is 0.850 bits per heavy atom. The maximum atomic E-state index is 10.9. The van der Waals surface area contributed by atoms with E-state index < -0.39 is 0 Å². The lowest BCUT2D eigenvalue weighted by Crippen LogP contribution is -1.97. The lowest BCUT2D eigenvalue weighted by Gasteiger charge is -2.17. The Balaban J connectivity index is 2.75. The SMILES string of the molecule is Cc1cc(C=O)cc(C)c1-c1c(C)cc(C=O)cc1C. The molecule has 20 heavy (non-hydrogen) atoms. The summed E-state index contributed by atoms with van der Waals surface area (Å²) in [6.45, 7) is 8.06. The van der Waals surface area contributed by atoms with Gasteiger partial charge in [-0.1, -0.05) is 0 Å². The molecule has 0 radical (unpaired) electrons. The van der Waals surface area contributed by atoms with E-state index in [0.29, 0.717) is 11.1 Å². The van der Waals surface area contributed by atoms with Crippen LogP contribution in [0.2, 0.25) is 0 Å². The number of aldehydes is 2. The Morgan fingerprint density at radius 1 is 0.600 bits per heavy atom. The van der Waals surface area contributed by atoms with Crippen molar-refractivity contribution in [2.24, 2.45) is 0 Å². The van der Waals surface area contributed by atoms with Gasteiger partial charge in [0.25, 0.3) is 0 Å². The molecule has 2 nitrogen and oxygen atoms in total. The fourth-order valence-electron chi connectivity index (χ4n) is 2.92. The number of carbonyl (C=O) groups excluding carboxylic acids is 2. The van der Waals surface area contributed by atoms with Crippen LogP contribution in [0.3, 0.4) is 0 Å². The first-order valence-corrected chi connectivity index (χ1v) is 6.61. The van der Waals surface area contributed by atoms with Gasteiger partial charge < -0.3 is 0 Å². The van der Waals surface area contributed by atoms with Gasteiger partial charge in [-0.25, -0.2) is 0 Å². The summed E-state index contributed by atoms with van der Waals surface area (Å²) in [7, 11) is 0. The molecular formula is C18H18O2. The number of hydrogen-bond donors (Lipinski definition) is 0. The summed E-state index contributed by atoms with van der Waals surface area (Å²) in [5.41, 5.74) is 8.03. The van der Waals surface area contributed by atoms with Gasteiger partial charge in [0.15, 0.2) is 0 Å². The molecule has 0 unspecified atom stereocenters. The van der Waals surface area contributed by atoms with Crippen LogP contribution in [0, 0.1) is 27.7 Å². The maximum absolute atomic E-state index is 10.9. The molecule has 102 valence electrons. The Hall–Kier alpha value is -2.22. The molecule has 2 aromatic rings. The van der Waals surface area contributed by atoms with Crippen LogP contribution in [0.1, 0.15) is 43.0 Å². The first-order valence-electron chi connectivity index (χ1n) is 6.61. The molecule has 0 aliphatic carbocycles. The van der Waals surface area contributed by atoms with E-state index in [1.54, 1.807) is 0 Å². The zero-order valence-corrected chi connectivity index (χ0v) is 12.3. The van der Waals surface area contributed by atoms with Crippen LogP contribution in [0.5, 0.6) is 0 Å². The minimum absolute atomic E-state index is 0.698. The van der Waals surface area contributed by atoms with Crippen molar-refractivity contribution in [2.45, 2.75) is 27.7 Å². The van der Waals surface area contributed by atoms with Crippen molar-refractivity contribution in [2.75, 3.05) is 0 Å². The fourth-order valence-corrected chi connectivity index (χ4v) is 2.92. The summed E-state index contributed by atoms with van der Waals surface area (Å²) in [5, 5.41) is 0. The van der Waals surface area contributed by atoms with Crippen molar-refractivity contribution in [3.05, 3.63) is 57.6 Å². The third-order valence-electron chi connectivity index (χ3n) is 3.63. The van der Waals surface area contributed by atoms with E-state index in [-0.39, 0.29) is 0 Å². The highest BCUT2D eigenvalue weighted by atomic mass is 16.1. The lowest BCUT2D eigenvalue weighted by atomic mass is 9.87. The van der Waals surface area contributed by atoms with Crippen LogP contribution >= 0.6 is 0 Å². The molecule has 0 bridgehead atoms. The lowest BCUT2D eigenvalue weighted by molar-refractivity contribution is 0.111. The van der Waals surface area contributed by atoms with E-state index in [2.05, 4.69) is 0 Å². The molecule has 0 N–H and O–H groups in total. The average Bonchev–Trinajstić information content (AvgIpc) is 2.40. The van der Waals surface area contributed by atoms with Crippen LogP contribution < -0.4 is 0 Å². The van der Waals surface area contributed by atoms with Crippen molar-refractivity contribution in [3.63, 3.8) is 0 Å². The summed E-state index contributed by atoms with van der Waals surface area (Å²) in [5.74, 6) is 0. The second-order valence-electron chi connectivity index (χ2n) is 5.30. The number of hydrogen-bond acceptors (Lipinski definition) is 2. The smallest absolute Gasteiger partial charge is 0.150 e. The summed E-state index contributed by atoms with van der Waals surface area (Å²) in [6.07, 6.45) is 1.75. The second kappa shape index (κ2) is 5.41. The van der Waals surface area contributed by atoms with Gasteiger partial charge in [-0.2, -0.15) is 0 Å². The Kier molecular flexibility index (Phi) is 3.84. The zero-order valence-electron chi connectivity index (χ0n) is 12.3. The van der Waals surface area contributed by atoms with Crippen molar-refractivity contribution in [3.8, 4) is 11.1 Å². The van der Waals surface area contributed by atoms with Gasteiger partial charge >= 0.3 is 0 Å². The summed E-state index contributed by atoms with van der Waals surface area (Å²) in [4.78, 5) is 21.9. The van der Waals surface area contributed by atoms with E-state index in [9.17, 15) is 9.59 Å². The highest BCUT2D eigenvalue weighted by molar-refractivity contribution is 5.85. The minimum Gasteiger partial charge on any atom is -0.298 e. The highest BCUT2D eigenvalue weighted by Crippen LogP contribution is 2.33. The van der Waals surface area contributed by atoms with E-state index >= 15 is 0 Å². The molecule has 2 rings (SSSR count). The predicted molar refractivity (Wildman–Crippen MR) is 81.6 cm³/mol.